The van der Waals surface area contributed by atoms with Crippen LogP contribution in [-0.2, 0) is 0 Å². The van der Waals surface area contributed by atoms with E-state index in [2.05, 4.69) is 33.1 Å². The molecule has 1 aliphatic heterocycles. The maximum absolute atomic E-state index is 12.4. The van der Waals surface area contributed by atoms with E-state index in [1.807, 2.05) is 0 Å². The van der Waals surface area contributed by atoms with Gasteiger partial charge in [0.1, 0.15) is 17.1 Å². The monoisotopic (exact) mass is 392 g/mol. The number of nitrogens with one attached hydrogen (secondary N) is 1. The maximum Gasteiger partial charge on any atom is 0.258 e. The number of amides is 1. The Kier molecular flexibility index (Phi) is 7.45. The first-order valence-electron chi connectivity index (χ1n) is 7.16. The molecule has 2 rings (SSSR count). The predicted molar refractivity (Wildman–Crippen MR) is 92.2 cm³/mol. The van der Waals surface area contributed by atoms with Gasteiger partial charge in [0.15, 0.2) is 0 Å². The molecule has 1 aromatic rings. The van der Waals surface area contributed by atoms with Gasteiger partial charge in [0.2, 0.25) is 0 Å². The van der Waals surface area contributed by atoms with Crippen molar-refractivity contribution in [3.63, 3.8) is 0 Å². The molecule has 1 amide bonds. The number of likely N-dealkylation sites (tertiary alicyclic amines) is 1. The highest BCUT2D eigenvalue weighted by Crippen LogP contribution is 2.34. The van der Waals surface area contributed by atoms with Crippen molar-refractivity contribution >= 4 is 34.2 Å². The minimum absolute atomic E-state index is 0. The van der Waals surface area contributed by atoms with E-state index in [9.17, 15) is 9.90 Å². The maximum atomic E-state index is 12.4. The van der Waals surface area contributed by atoms with Crippen LogP contribution in [0.5, 0.6) is 11.5 Å². The van der Waals surface area contributed by atoms with Gasteiger partial charge in [-0.05, 0) is 54.0 Å². The molecule has 1 aliphatic rings. The standard InChI is InChI=1S/C15H21BrN2O3.ClH/c1-3-18-8-4-5-10(18)9-17-15(20)13-12(19)7-6-11(16)14(13)21-2;/h6-7,10,19H,3-5,8-9H2,1-2H3,(H,17,20);1H. The number of halogens is 2. The second-order valence-electron chi connectivity index (χ2n) is 5.11. The summed E-state index contributed by atoms with van der Waals surface area (Å²) in [6, 6.07) is 3.51. The number of likely N-dealkylation sites (N-methyl/N-ethyl adjacent to an activating group) is 1. The number of carbonyl (C=O) groups excluding carboxylic acids is 1. The highest BCUT2D eigenvalue weighted by Gasteiger charge is 2.25. The second-order valence-corrected chi connectivity index (χ2v) is 5.96. The summed E-state index contributed by atoms with van der Waals surface area (Å²) in [6.07, 6.45) is 2.26. The van der Waals surface area contributed by atoms with Crippen molar-refractivity contribution in [2.45, 2.75) is 25.8 Å². The molecule has 1 heterocycles. The number of hydrogen-bond acceptors (Lipinski definition) is 4. The lowest BCUT2D eigenvalue weighted by atomic mass is 10.1. The van der Waals surface area contributed by atoms with Crippen LogP contribution in [0.2, 0.25) is 0 Å². The number of aromatic hydroxyl groups is 1. The lowest BCUT2D eigenvalue weighted by Gasteiger charge is -2.23. The fourth-order valence-electron chi connectivity index (χ4n) is 2.81. The predicted octanol–water partition coefficient (Wildman–Crippen LogP) is 2.80. The molecule has 0 spiro atoms. The zero-order valence-electron chi connectivity index (χ0n) is 12.8. The molecule has 0 saturated carbocycles. The summed E-state index contributed by atoms with van der Waals surface area (Å²) in [7, 11) is 1.48. The Morgan fingerprint density at radius 1 is 1.55 bits per heavy atom. The lowest BCUT2D eigenvalue weighted by molar-refractivity contribution is 0.0935. The Morgan fingerprint density at radius 2 is 2.27 bits per heavy atom. The SMILES string of the molecule is CCN1CCCC1CNC(=O)c1c(O)ccc(Br)c1OC.Cl. The van der Waals surface area contributed by atoms with Gasteiger partial charge in [-0.25, -0.2) is 0 Å². The third kappa shape index (κ3) is 4.06. The third-order valence-corrected chi connectivity index (χ3v) is 4.55. The zero-order valence-corrected chi connectivity index (χ0v) is 15.2. The van der Waals surface area contributed by atoms with E-state index >= 15 is 0 Å². The Morgan fingerprint density at radius 3 is 2.91 bits per heavy atom. The number of phenols is 1. The number of nitrogens with zero attached hydrogens (tertiary/aromatic N) is 1. The normalized spacial score (nSPS) is 17.9. The third-order valence-electron chi connectivity index (χ3n) is 3.92. The number of ether oxygens (including phenoxy) is 1. The molecule has 22 heavy (non-hydrogen) atoms. The Hall–Kier alpha value is -0.980. The topological polar surface area (TPSA) is 61.8 Å². The molecule has 124 valence electrons. The van der Waals surface area contributed by atoms with Gasteiger partial charge in [0.05, 0.1) is 11.6 Å². The Labute approximate surface area is 145 Å². The number of methoxy groups -OCH3 is 1. The van der Waals surface area contributed by atoms with Gasteiger partial charge >= 0.3 is 0 Å². The van der Waals surface area contributed by atoms with Gasteiger partial charge in [-0.2, -0.15) is 0 Å². The summed E-state index contributed by atoms with van der Waals surface area (Å²) < 4.78 is 5.86. The van der Waals surface area contributed by atoms with Crippen LogP contribution in [0, 0.1) is 0 Å². The number of rotatable bonds is 5. The summed E-state index contributed by atoms with van der Waals surface area (Å²) in [5.74, 6) is -0.0359. The van der Waals surface area contributed by atoms with Crippen LogP contribution in [0.3, 0.4) is 0 Å². The minimum Gasteiger partial charge on any atom is -0.507 e. The first-order valence-corrected chi connectivity index (χ1v) is 7.95. The van der Waals surface area contributed by atoms with Crippen molar-refractivity contribution in [2.75, 3.05) is 26.7 Å². The van der Waals surface area contributed by atoms with Crippen LogP contribution in [0.1, 0.15) is 30.1 Å². The quantitative estimate of drug-likeness (QED) is 0.807. The van der Waals surface area contributed by atoms with Crippen molar-refractivity contribution < 1.29 is 14.6 Å². The van der Waals surface area contributed by atoms with Crippen LogP contribution in [0.15, 0.2) is 16.6 Å². The van der Waals surface area contributed by atoms with Gasteiger partial charge < -0.3 is 15.2 Å². The molecule has 7 heteroatoms. The van der Waals surface area contributed by atoms with Crippen LogP contribution < -0.4 is 10.1 Å². The minimum atomic E-state index is -0.311. The largest absolute Gasteiger partial charge is 0.507 e. The number of carbonyl (C=O) groups is 1. The fourth-order valence-corrected chi connectivity index (χ4v) is 3.30. The Bertz CT molecular complexity index is 528. The van der Waals surface area contributed by atoms with Gasteiger partial charge in [0, 0.05) is 12.6 Å². The van der Waals surface area contributed by atoms with E-state index in [0.717, 1.165) is 19.5 Å². The summed E-state index contributed by atoms with van der Waals surface area (Å²) >= 11 is 3.32. The highest BCUT2D eigenvalue weighted by molar-refractivity contribution is 9.10. The summed E-state index contributed by atoms with van der Waals surface area (Å²) in [4.78, 5) is 14.7. The number of hydrogen-bond donors (Lipinski definition) is 2. The van der Waals surface area contributed by atoms with E-state index in [1.165, 1.54) is 19.6 Å². The molecule has 5 nitrogen and oxygen atoms in total. The van der Waals surface area contributed by atoms with Crippen LogP contribution in [-0.4, -0.2) is 48.7 Å². The van der Waals surface area contributed by atoms with Crippen molar-refractivity contribution in [1.82, 2.24) is 10.2 Å². The molecule has 1 unspecified atom stereocenters. The molecule has 1 fully saturated rings. The van der Waals surface area contributed by atoms with Gasteiger partial charge in [-0.3, -0.25) is 9.69 Å². The first kappa shape index (κ1) is 19.1. The van der Waals surface area contributed by atoms with E-state index in [1.54, 1.807) is 6.07 Å². The average molecular weight is 394 g/mol. The summed E-state index contributed by atoms with van der Waals surface area (Å²) in [5.41, 5.74) is 0.174. The Balaban J connectivity index is 0.00000242. The van der Waals surface area contributed by atoms with Gasteiger partial charge in [-0.15, -0.1) is 12.4 Å². The molecular weight excluding hydrogens is 372 g/mol. The smallest absolute Gasteiger partial charge is 0.258 e. The number of benzene rings is 1. The summed E-state index contributed by atoms with van der Waals surface area (Å²) in [6.45, 7) is 4.79. The van der Waals surface area contributed by atoms with Crippen molar-refractivity contribution in [3.8, 4) is 11.5 Å². The zero-order chi connectivity index (χ0) is 15.4. The van der Waals surface area contributed by atoms with Crippen LogP contribution in [0.4, 0.5) is 0 Å². The van der Waals surface area contributed by atoms with E-state index in [-0.39, 0.29) is 29.6 Å². The highest BCUT2D eigenvalue weighted by atomic mass is 79.9. The van der Waals surface area contributed by atoms with Crippen molar-refractivity contribution in [1.29, 1.82) is 0 Å². The molecule has 0 radical (unpaired) electrons. The first-order chi connectivity index (χ1) is 10.1. The molecule has 1 saturated heterocycles. The molecule has 2 N–H and O–H groups in total. The van der Waals surface area contributed by atoms with Crippen molar-refractivity contribution in [3.05, 3.63) is 22.2 Å². The van der Waals surface area contributed by atoms with Crippen LogP contribution >= 0.6 is 28.3 Å². The van der Waals surface area contributed by atoms with E-state index in [0.29, 0.717) is 22.8 Å². The molecule has 0 bridgehead atoms. The number of phenolic OH excluding ortho intramolecular Hbond substituents is 1. The molecular formula is C15H22BrClN2O3. The lowest BCUT2D eigenvalue weighted by Crippen LogP contribution is -2.40. The van der Waals surface area contributed by atoms with Crippen molar-refractivity contribution in [2.24, 2.45) is 0 Å². The van der Waals surface area contributed by atoms with Gasteiger partial charge in [0.25, 0.3) is 5.91 Å². The second kappa shape index (κ2) is 8.60. The molecule has 0 aliphatic carbocycles. The average Bonchev–Trinajstić information content (AvgIpc) is 2.94. The molecule has 1 atom stereocenters. The fraction of sp³-hybridized carbons (Fsp3) is 0.533. The molecule has 0 aromatic heterocycles. The van der Waals surface area contributed by atoms with E-state index < -0.39 is 0 Å². The summed E-state index contributed by atoms with van der Waals surface area (Å²) in [5, 5.41) is 12.8. The van der Waals surface area contributed by atoms with Gasteiger partial charge in [-0.1, -0.05) is 6.92 Å². The van der Waals surface area contributed by atoms with Crippen LogP contribution in [0.25, 0.3) is 0 Å². The van der Waals surface area contributed by atoms with E-state index in [4.69, 9.17) is 4.74 Å². The molecule has 1 aromatic carbocycles.